The Morgan fingerprint density at radius 1 is 1.05 bits per heavy atom. The van der Waals surface area contributed by atoms with Crippen LogP contribution in [0.5, 0.6) is 0 Å². The van der Waals surface area contributed by atoms with Gasteiger partial charge >= 0.3 is 0 Å². The van der Waals surface area contributed by atoms with E-state index in [0.717, 1.165) is 16.6 Å². The molecule has 3 aromatic rings. The number of para-hydroxylation sites is 1. The minimum atomic E-state index is 0.254. The summed E-state index contributed by atoms with van der Waals surface area (Å²) in [6.45, 7) is 2.17. The number of hydrogen-bond acceptors (Lipinski definition) is 3. The number of nitrogens with zero attached hydrogens (tertiary/aromatic N) is 1. The Morgan fingerprint density at radius 2 is 1.81 bits per heavy atom. The van der Waals surface area contributed by atoms with Gasteiger partial charge in [0, 0.05) is 16.3 Å². The van der Waals surface area contributed by atoms with Crippen molar-refractivity contribution in [1.82, 2.24) is 4.98 Å². The molecule has 0 aliphatic rings. The van der Waals surface area contributed by atoms with Crippen molar-refractivity contribution in [2.75, 3.05) is 11.6 Å². The lowest BCUT2D eigenvalue weighted by atomic mass is 10.1. The van der Waals surface area contributed by atoms with Crippen LogP contribution in [0.4, 0.5) is 5.69 Å². The second-order valence-corrected chi connectivity index (χ2v) is 5.94. The van der Waals surface area contributed by atoms with Crippen molar-refractivity contribution in [2.45, 2.75) is 17.9 Å². The van der Waals surface area contributed by atoms with Gasteiger partial charge in [0.25, 0.3) is 0 Å². The quantitative estimate of drug-likeness (QED) is 0.675. The number of nitrogens with one attached hydrogen (secondary N) is 1. The van der Waals surface area contributed by atoms with Gasteiger partial charge in [0.2, 0.25) is 0 Å². The average molecular weight is 294 g/mol. The molecule has 0 bridgehead atoms. The van der Waals surface area contributed by atoms with E-state index in [9.17, 15) is 0 Å². The highest BCUT2D eigenvalue weighted by molar-refractivity contribution is 7.98. The normalized spacial score (nSPS) is 12.3. The molecule has 0 aliphatic heterocycles. The van der Waals surface area contributed by atoms with Crippen molar-refractivity contribution >= 4 is 28.4 Å². The van der Waals surface area contributed by atoms with E-state index in [2.05, 4.69) is 59.9 Å². The lowest BCUT2D eigenvalue weighted by Gasteiger charge is -2.16. The maximum atomic E-state index is 4.49. The van der Waals surface area contributed by atoms with Gasteiger partial charge in [0.1, 0.15) is 0 Å². The third-order valence-electron chi connectivity index (χ3n) is 3.59. The molecule has 2 aromatic carbocycles. The Hall–Kier alpha value is -2.00. The van der Waals surface area contributed by atoms with Gasteiger partial charge < -0.3 is 5.32 Å². The Labute approximate surface area is 129 Å². The first-order chi connectivity index (χ1) is 10.3. The van der Waals surface area contributed by atoms with E-state index >= 15 is 0 Å². The number of hydrogen-bond donors (Lipinski definition) is 1. The van der Waals surface area contributed by atoms with Gasteiger partial charge in [-0.15, -0.1) is 11.8 Å². The number of aromatic nitrogens is 1. The Bertz CT molecular complexity index is 738. The Morgan fingerprint density at radius 3 is 2.57 bits per heavy atom. The van der Waals surface area contributed by atoms with Gasteiger partial charge in [-0.05, 0) is 43.0 Å². The summed E-state index contributed by atoms with van der Waals surface area (Å²) in [5, 5.41) is 4.68. The van der Waals surface area contributed by atoms with Gasteiger partial charge in [-0.3, -0.25) is 4.98 Å². The lowest BCUT2D eigenvalue weighted by Crippen LogP contribution is -2.06. The first kappa shape index (κ1) is 14.0. The summed E-state index contributed by atoms with van der Waals surface area (Å²) >= 11 is 1.76. The molecule has 0 spiro atoms. The maximum absolute atomic E-state index is 4.49. The second-order valence-electron chi connectivity index (χ2n) is 5.06. The van der Waals surface area contributed by atoms with E-state index in [1.807, 2.05) is 24.4 Å². The fraction of sp³-hybridized carbons (Fsp3) is 0.167. The summed E-state index contributed by atoms with van der Waals surface area (Å²) in [5.41, 5.74) is 3.36. The van der Waals surface area contributed by atoms with Crippen LogP contribution in [-0.2, 0) is 0 Å². The maximum Gasteiger partial charge on any atom is 0.0703 e. The Balaban J connectivity index is 1.79. The summed E-state index contributed by atoms with van der Waals surface area (Å²) in [7, 11) is 0. The minimum Gasteiger partial charge on any atom is -0.377 e. The molecule has 2 nitrogen and oxygen atoms in total. The molecule has 0 aliphatic carbocycles. The molecule has 1 unspecified atom stereocenters. The van der Waals surface area contributed by atoms with Crippen molar-refractivity contribution in [2.24, 2.45) is 0 Å². The van der Waals surface area contributed by atoms with E-state index < -0.39 is 0 Å². The molecular weight excluding hydrogens is 276 g/mol. The van der Waals surface area contributed by atoms with Crippen molar-refractivity contribution < 1.29 is 0 Å². The smallest absolute Gasteiger partial charge is 0.0703 e. The summed E-state index contributed by atoms with van der Waals surface area (Å²) in [6.07, 6.45) is 3.99. The molecule has 0 saturated carbocycles. The summed E-state index contributed by atoms with van der Waals surface area (Å²) in [5.74, 6) is 0. The van der Waals surface area contributed by atoms with Crippen LogP contribution < -0.4 is 5.32 Å². The monoisotopic (exact) mass is 294 g/mol. The molecule has 106 valence electrons. The fourth-order valence-electron chi connectivity index (χ4n) is 2.38. The van der Waals surface area contributed by atoms with E-state index in [0.29, 0.717) is 0 Å². The van der Waals surface area contributed by atoms with E-state index in [1.165, 1.54) is 10.5 Å². The zero-order valence-corrected chi connectivity index (χ0v) is 13.0. The van der Waals surface area contributed by atoms with Crippen LogP contribution in [0.2, 0.25) is 0 Å². The predicted octanol–water partition coefficient (Wildman–Crippen LogP) is 5.13. The van der Waals surface area contributed by atoms with Crippen LogP contribution in [0.1, 0.15) is 18.5 Å². The van der Waals surface area contributed by atoms with Crippen molar-refractivity contribution in [3.05, 3.63) is 66.4 Å². The molecule has 3 rings (SSSR count). The topological polar surface area (TPSA) is 24.9 Å². The number of anilines is 1. The van der Waals surface area contributed by atoms with Crippen molar-refractivity contribution in [3.8, 4) is 0 Å². The molecule has 3 heteroatoms. The van der Waals surface area contributed by atoms with Crippen LogP contribution in [0.15, 0.2) is 65.7 Å². The highest BCUT2D eigenvalue weighted by atomic mass is 32.2. The molecule has 1 aromatic heterocycles. The molecular formula is C18H18N2S. The first-order valence-corrected chi connectivity index (χ1v) is 8.24. The molecule has 1 atom stereocenters. The number of benzene rings is 2. The molecule has 1 heterocycles. The fourth-order valence-corrected chi connectivity index (χ4v) is 2.78. The number of thioether (sulfide) groups is 1. The Kier molecular flexibility index (Phi) is 4.11. The van der Waals surface area contributed by atoms with Gasteiger partial charge in [-0.1, -0.05) is 30.3 Å². The van der Waals surface area contributed by atoms with Crippen molar-refractivity contribution in [3.63, 3.8) is 0 Å². The SMILES string of the molecule is CSc1ccc(C(C)Nc2cnc3ccccc3c2)cc1. The summed E-state index contributed by atoms with van der Waals surface area (Å²) in [4.78, 5) is 5.78. The van der Waals surface area contributed by atoms with Crippen LogP contribution >= 0.6 is 11.8 Å². The standard InChI is InChI=1S/C18H18N2S/c1-13(14-7-9-17(21-2)10-8-14)20-16-11-15-5-3-4-6-18(15)19-12-16/h3-13,20H,1-2H3. The molecule has 0 saturated heterocycles. The van der Waals surface area contributed by atoms with E-state index in [-0.39, 0.29) is 6.04 Å². The third kappa shape index (κ3) is 3.19. The number of fused-ring (bicyclic) bond motifs is 1. The largest absolute Gasteiger partial charge is 0.377 e. The highest BCUT2D eigenvalue weighted by Crippen LogP contribution is 2.23. The van der Waals surface area contributed by atoms with Crippen LogP contribution in [0, 0.1) is 0 Å². The first-order valence-electron chi connectivity index (χ1n) is 7.01. The third-order valence-corrected chi connectivity index (χ3v) is 4.33. The van der Waals surface area contributed by atoms with E-state index in [1.54, 1.807) is 11.8 Å². The molecule has 0 amide bonds. The van der Waals surface area contributed by atoms with Gasteiger partial charge in [-0.2, -0.15) is 0 Å². The number of pyridine rings is 1. The zero-order chi connectivity index (χ0) is 14.7. The number of rotatable bonds is 4. The van der Waals surface area contributed by atoms with Crippen LogP contribution in [0.3, 0.4) is 0 Å². The summed E-state index contributed by atoms with van der Waals surface area (Å²) in [6, 6.07) is 19.3. The highest BCUT2D eigenvalue weighted by Gasteiger charge is 2.06. The lowest BCUT2D eigenvalue weighted by molar-refractivity contribution is 0.882. The predicted molar refractivity (Wildman–Crippen MR) is 92.0 cm³/mol. The van der Waals surface area contributed by atoms with Crippen molar-refractivity contribution in [1.29, 1.82) is 0 Å². The molecule has 0 fully saturated rings. The van der Waals surface area contributed by atoms with Crippen LogP contribution in [0.25, 0.3) is 10.9 Å². The van der Waals surface area contributed by atoms with Crippen LogP contribution in [-0.4, -0.2) is 11.2 Å². The molecule has 0 radical (unpaired) electrons. The van der Waals surface area contributed by atoms with E-state index in [4.69, 9.17) is 0 Å². The zero-order valence-electron chi connectivity index (χ0n) is 12.2. The van der Waals surface area contributed by atoms with Gasteiger partial charge in [0.15, 0.2) is 0 Å². The average Bonchev–Trinajstić information content (AvgIpc) is 2.55. The molecule has 21 heavy (non-hydrogen) atoms. The second kappa shape index (κ2) is 6.19. The summed E-state index contributed by atoms with van der Waals surface area (Å²) < 4.78 is 0. The molecule has 1 N–H and O–H groups in total. The van der Waals surface area contributed by atoms with Gasteiger partial charge in [0.05, 0.1) is 17.4 Å². The van der Waals surface area contributed by atoms with Gasteiger partial charge in [-0.25, -0.2) is 0 Å². The minimum absolute atomic E-state index is 0.254.